The standard InChI is InChI=1S/C18H23NSi/c1-4-13-19-20(2,3)18-16-11-7-5-9-14(16)15-10-6-8-12-17(15)18/h5-12,18-19H,4,13H2,1-3H3. The topological polar surface area (TPSA) is 12.0 Å². The van der Waals surface area contributed by atoms with Crippen LogP contribution in [0.4, 0.5) is 0 Å². The Morgan fingerprint density at radius 2 is 1.40 bits per heavy atom. The third kappa shape index (κ3) is 2.13. The number of benzene rings is 2. The minimum absolute atomic E-state index is 0.571. The minimum Gasteiger partial charge on any atom is -0.337 e. The molecule has 0 atom stereocenters. The van der Waals surface area contributed by atoms with E-state index < -0.39 is 8.24 Å². The van der Waals surface area contributed by atoms with E-state index in [-0.39, 0.29) is 0 Å². The molecule has 0 aliphatic heterocycles. The summed E-state index contributed by atoms with van der Waals surface area (Å²) in [5, 5.41) is 0. The molecule has 0 fully saturated rings. The SMILES string of the molecule is CCCN[Si](C)(C)C1c2ccccc2-c2ccccc21. The van der Waals surface area contributed by atoms with E-state index in [1.165, 1.54) is 28.7 Å². The van der Waals surface area contributed by atoms with E-state index in [0.29, 0.717) is 5.54 Å². The van der Waals surface area contributed by atoms with Crippen LogP contribution in [-0.4, -0.2) is 14.8 Å². The summed E-state index contributed by atoms with van der Waals surface area (Å²) < 4.78 is 0. The van der Waals surface area contributed by atoms with E-state index in [1.807, 2.05) is 0 Å². The van der Waals surface area contributed by atoms with Crippen LogP contribution in [0.1, 0.15) is 30.0 Å². The summed E-state index contributed by atoms with van der Waals surface area (Å²) >= 11 is 0. The van der Waals surface area contributed by atoms with E-state index in [0.717, 1.165) is 6.54 Å². The average Bonchev–Trinajstić information content (AvgIpc) is 2.80. The third-order valence-corrected chi connectivity index (χ3v) is 7.61. The molecule has 0 aromatic heterocycles. The fraction of sp³-hybridized carbons (Fsp3) is 0.333. The maximum absolute atomic E-state index is 3.87. The Bertz CT molecular complexity index is 573. The highest BCUT2D eigenvalue weighted by atomic mass is 28.3. The Kier molecular flexibility index (Phi) is 3.53. The molecule has 0 bridgehead atoms. The van der Waals surface area contributed by atoms with Crippen molar-refractivity contribution in [2.24, 2.45) is 0 Å². The van der Waals surface area contributed by atoms with Crippen molar-refractivity contribution in [3.63, 3.8) is 0 Å². The molecular formula is C18H23NSi. The lowest BCUT2D eigenvalue weighted by Gasteiger charge is -2.32. The van der Waals surface area contributed by atoms with Gasteiger partial charge in [-0.05, 0) is 35.2 Å². The number of nitrogens with one attached hydrogen (secondary N) is 1. The second-order valence-corrected chi connectivity index (χ2v) is 10.6. The first-order chi connectivity index (χ1) is 9.65. The van der Waals surface area contributed by atoms with Crippen LogP contribution in [0.25, 0.3) is 11.1 Å². The third-order valence-electron chi connectivity index (χ3n) is 4.39. The molecule has 2 heteroatoms. The zero-order valence-electron chi connectivity index (χ0n) is 12.6. The lowest BCUT2D eigenvalue weighted by molar-refractivity contribution is 0.820. The van der Waals surface area contributed by atoms with Gasteiger partial charge in [-0.2, -0.15) is 0 Å². The molecular weight excluding hydrogens is 258 g/mol. The first kappa shape index (κ1) is 13.6. The zero-order chi connectivity index (χ0) is 14.2. The van der Waals surface area contributed by atoms with Crippen molar-refractivity contribution < 1.29 is 0 Å². The van der Waals surface area contributed by atoms with Gasteiger partial charge in [0.25, 0.3) is 0 Å². The van der Waals surface area contributed by atoms with Crippen LogP contribution in [0.2, 0.25) is 13.1 Å². The molecule has 1 aliphatic carbocycles. The Hall–Kier alpha value is -1.38. The van der Waals surface area contributed by atoms with Gasteiger partial charge in [0.2, 0.25) is 0 Å². The molecule has 1 nitrogen and oxygen atoms in total. The maximum atomic E-state index is 3.87. The molecule has 1 N–H and O–H groups in total. The smallest absolute Gasteiger partial charge is 0.131 e. The number of hydrogen-bond acceptors (Lipinski definition) is 1. The fourth-order valence-electron chi connectivity index (χ4n) is 3.48. The van der Waals surface area contributed by atoms with Crippen LogP contribution < -0.4 is 4.98 Å². The van der Waals surface area contributed by atoms with Crippen LogP contribution >= 0.6 is 0 Å². The van der Waals surface area contributed by atoms with Gasteiger partial charge < -0.3 is 4.98 Å². The fourth-order valence-corrected chi connectivity index (χ4v) is 6.64. The van der Waals surface area contributed by atoms with Gasteiger partial charge in [-0.25, -0.2) is 0 Å². The van der Waals surface area contributed by atoms with E-state index in [1.54, 1.807) is 0 Å². The molecule has 2 aromatic carbocycles. The second kappa shape index (κ2) is 5.19. The summed E-state index contributed by atoms with van der Waals surface area (Å²) in [5.41, 5.74) is 6.49. The van der Waals surface area contributed by atoms with Gasteiger partial charge in [-0.1, -0.05) is 68.5 Å². The summed E-state index contributed by atoms with van der Waals surface area (Å²) in [7, 11) is -1.54. The van der Waals surface area contributed by atoms with Crippen molar-refractivity contribution in [1.29, 1.82) is 0 Å². The molecule has 0 radical (unpaired) electrons. The molecule has 0 unspecified atom stereocenters. The normalized spacial score (nSPS) is 14.2. The van der Waals surface area contributed by atoms with E-state index in [4.69, 9.17) is 0 Å². The highest BCUT2D eigenvalue weighted by Gasteiger charge is 2.40. The van der Waals surface area contributed by atoms with Gasteiger partial charge in [-0.15, -0.1) is 0 Å². The molecule has 0 saturated heterocycles. The molecule has 104 valence electrons. The van der Waals surface area contributed by atoms with Gasteiger partial charge in [0.1, 0.15) is 8.24 Å². The lowest BCUT2D eigenvalue weighted by Crippen LogP contribution is -2.50. The predicted octanol–water partition coefficient (Wildman–Crippen LogP) is 4.54. The van der Waals surface area contributed by atoms with E-state index in [2.05, 4.69) is 73.5 Å². The summed E-state index contributed by atoms with van der Waals surface area (Å²) in [6.45, 7) is 8.30. The molecule has 0 spiro atoms. The van der Waals surface area contributed by atoms with Crippen LogP contribution in [0.3, 0.4) is 0 Å². The number of fused-ring (bicyclic) bond motifs is 3. The quantitative estimate of drug-likeness (QED) is 0.811. The van der Waals surface area contributed by atoms with Crippen molar-refractivity contribution in [3.05, 3.63) is 59.7 Å². The number of rotatable bonds is 4. The molecule has 0 saturated carbocycles. The Morgan fingerprint density at radius 3 is 1.90 bits per heavy atom. The van der Waals surface area contributed by atoms with E-state index in [9.17, 15) is 0 Å². The Balaban J connectivity index is 2.11. The van der Waals surface area contributed by atoms with Crippen LogP contribution in [-0.2, 0) is 0 Å². The average molecular weight is 281 g/mol. The highest BCUT2D eigenvalue weighted by molar-refractivity contribution is 6.77. The monoisotopic (exact) mass is 281 g/mol. The first-order valence-corrected chi connectivity index (χ1v) is 10.7. The molecule has 20 heavy (non-hydrogen) atoms. The molecule has 2 aromatic rings. The van der Waals surface area contributed by atoms with Crippen LogP contribution in [0.15, 0.2) is 48.5 Å². The van der Waals surface area contributed by atoms with Crippen molar-refractivity contribution in [2.45, 2.75) is 32.0 Å². The van der Waals surface area contributed by atoms with E-state index >= 15 is 0 Å². The van der Waals surface area contributed by atoms with Crippen molar-refractivity contribution in [2.75, 3.05) is 6.54 Å². The highest BCUT2D eigenvalue weighted by Crippen LogP contribution is 2.47. The van der Waals surface area contributed by atoms with Gasteiger partial charge >= 0.3 is 0 Å². The van der Waals surface area contributed by atoms with Gasteiger partial charge in [0.15, 0.2) is 0 Å². The van der Waals surface area contributed by atoms with Crippen molar-refractivity contribution in [3.8, 4) is 11.1 Å². The summed E-state index contributed by atoms with van der Waals surface area (Å²) in [5.74, 6) is 0. The largest absolute Gasteiger partial charge is 0.337 e. The molecule has 0 heterocycles. The molecule has 3 rings (SSSR count). The summed E-state index contributed by atoms with van der Waals surface area (Å²) in [4.78, 5) is 3.87. The zero-order valence-corrected chi connectivity index (χ0v) is 13.6. The minimum atomic E-state index is -1.54. The summed E-state index contributed by atoms with van der Waals surface area (Å²) in [6.07, 6.45) is 1.20. The molecule has 1 aliphatic rings. The second-order valence-electron chi connectivity index (χ2n) is 6.26. The summed E-state index contributed by atoms with van der Waals surface area (Å²) in [6, 6.07) is 17.9. The lowest BCUT2D eigenvalue weighted by atomic mass is 10.1. The Labute approximate surface area is 123 Å². The number of hydrogen-bond donors (Lipinski definition) is 1. The predicted molar refractivity (Wildman–Crippen MR) is 89.5 cm³/mol. The maximum Gasteiger partial charge on any atom is 0.131 e. The van der Waals surface area contributed by atoms with Crippen molar-refractivity contribution in [1.82, 2.24) is 4.98 Å². The molecule has 0 amide bonds. The Morgan fingerprint density at radius 1 is 0.900 bits per heavy atom. The van der Waals surface area contributed by atoms with Crippen LogP contribution in [0.5, 0.6) is 0 Å². The van der Waals surface area contributed by atoms with Crippen molar-refractivity contribution >= 4 is 8.24 Å². The van der Waals surface area contributed by atoms with Gasteiger partial charge in [0.05, 0.1) is 0 Å². The first-order valence-electron chi connectivity index (χ1n) is 7.58. The van der Waals surface area contributed by atoms with Gasteiger partial charge in [-0.3, -0.25) is 0 Å². The van der Waals surface area contributed by atoms with Gasteiger partial charge in [0, 0.05) is 5.54 Å². The van der Waals surface area contributed by atoms with Crippen LogP contribution in [0, 0.1) is 0 Å².